The Morgan fingerprint density at radius 1 is 0.909 bits per heavy atom. The fourth-order valence-corrected chi connectivity index (χ4v) is 2.37. The van der Waals surface area contributed by atoms with Crippen LogP contribution in [0.15, 0.2) is 55.0 Å². The number of unbranched alkanes of at least 4 members (excludes halogenated alkanes) is 3. The molecule has 0 aliphatic carbocycles. The van der Waals surface area contributed by atoms with Gasteiger partial charge in [0.2, 0.25) is 0 Å². The molecule has 0 spiro atoms. The zero-order valence-corrected chi connectivity index (χ0v) is 13.6. The van der Waals surface area contributed by atoms with Crippen LogP contribution in [-0.4, -0.2) is 14.5 Å². The third kappa shape index (κ3) is 4.99. The standard InChI is InChI=1S/C10H18N2.C9H7N/c1-3-4-5-6-8-12-9-7-11-10(12)2;1-2-6-9-8(4-1)5-3-7-10-9/h7,9H,3-6,8H2,1-2H3;1-7H. The van der Waals surface area contributed by atoms with E-state index in [1.165, 1.54) is 31.1 Å². The van der Waals surface area contributed by atoms with Gasteiger partial charge in [0.25, 0.3) is 0 Å². The summed E-state index contributed by atoms with van der Waals surface area (Å²) in [6, 6.07) is 12.1. The van der Waals surface area contributed by atoms with Crippen LogP contribution in [0.25, 0.3) is 10.9 Å². The smallest absolute Gasteiger partial charge is 0.105 e. The molecule has 1 aromatic carbocycles. The Hall–Kier alpha value is -2.16. The number of hydrogen-bond acceptors (Lipinski definition) is 2. The number of benzene rings is 1. The van der Waals surface area contributed by atoms with Gasteiger partial charge in [-0.3, -0.25) is 4.98 Å². The zero-order valence-electron chi connectivity index (χ0n) is 13.6. The molecule has 2 aromatic heterocycles. The second-order valence-electron chi connectivity index (χ2n) is 5.42. The molecule has 0 N–H and O–H groups in total. The second-order valence-corrected chi connectivity index (χ2v) is 5.42. The van der Waals surface area contributed by atoms with Crippen LogP contribution >= 0.6 is 0 Å². The van der Waals surface area contributed by atoms with Crippen molar-refractivity contribution in [2.45, 2.75) is 46.1 Å². The van der Waals surface area contributed by atoms with Crippen molar-refractivity contribution in [3.63, 3.8) is 0 Å². The molecule has 116 valence electrons. The van der Waals surface area contributed by atoms with E-state index in [9.17, 15) is 0 Å². The first-order chi connectivity index (χ1) is 10.8. The molecule has 22 heavy (non-hydrogen) atoms. The van der Waals surface area contributed by atoms with Crippen LogP contribution in [0.3, 0.4) is 0 Å². The summed E-state index contributed by atoms with van der Waals surface area (Å²) >= 11 is 0. The van der Waals surface area contributed by atoms with Crippen molar-refractivity contribution in [1.29, 1.82) is 0 Å². The summed E-state index contributed by atoms with van der Waals surface area (Å²) in [4.78, 5) is 8.36. The van der Waals surface area contributed by atoms with Crippen molar-refractivity contribution in [3.8, 4) is 0 Å². The predicted molar refractivity (Wildman–Crippen MR) is 92.8 cm³/mol. The molecule has 3 heteroatoms. The first-order valence-corrected chi connectivity index (χ1v) is 8.08. The van der Waals surface area contributed by atoms with E-state index in [1.807, 2.05) is 36.7 Å². The van der Waals surface area contributed by atoms with Gasteiger partial charge in [0.1, 0.15) is 5.82 Å². The van der Waals surface area contributed by atoms with E-state index < -0.39 is 0 Å². The molecule has 0 radical (unpaired) electrons. The molecule has 0 bridgehead atoms. The number of nitrogens with zero attached hydrogens (tertiary/aromatic N) is 3. The lowest BCUT2D eigenvalue weighted by atomic mass is 10.2. The Morgan fingerprint density at radius 3 is 2.45 bits per heavy atom. The van der Waals surface area contributed by atoms with Crippen molar-refractivity contribution in [2.75, 3.05) is 0 Å². The molecule has 0 saturated carbocycles. The van der Waals surface area contributed by atoms with Gasteiger partial charge in [-0.2, -0.15) is 0 Å². The summed E-state index contributed by atoms with van der Waals surface area (Å²) in [5.41, 5.74) is 1.06. The molecule has 0 amide bonds. The van der Waals surface area contributed by atoms with Crippen LogP contribution in [0.4, 0.5) is 0 Å². The monoisotopic (exact) mass is 295 g/mol. The lowest BCUT2D eigenvalue weighted by Crippen LogP contribution is -1.98. The summed E-state index contributed by atoms with van der Waals surface area (Å²) in [6.45, 7) is 5.42. The van der Waals surface area contributed by atoms with Crippen molar-refractivity contribution in [1.82, 2.24) is 14.5 Å². The number of rotatable bonds is 5. The minimum absolute atomic E-state index is 1.06. The van der Waals surface area contributed by atoms with Crippen molar-refractivity contribution < 1.29 is 0 Å². The number of aromatic nitrogens is 3. The topological polar surface area (TPSA) is 30.7 Å². The van der Waals surface area contributed by atoms with Gasteiger partial charge in [0, 0.05) is 30.5 Å². The fraction of sp³-hybridized carbons (Fsp3) is 0.368. The van der Waals surface area contributed by atoms with E-state index in [0.717, 1.165) is 17.9 Å². The van der Waals surface area contributed by atoms with Gasteiger partial charge < -0.3 is 4.57 Å². The van der Waals surface area contributed by atoms with Gasteiger partial charge in [-0.05, 0) is 25.5 Å². The first-order valence-electron chi connectivity index (χ1n) is 8.08. The first kappa shape index (κ1) is 16.2. The van der Waals surface area contributed by atoms with Crippen molar-refractivity contribution >= 4 is 10.9 Å². The number of hydrogen-bond donors (Lipinski definition) is 0. The van der Waals surface area contributed by atoms with Crippen LogP contribution in [0.2, 0.25) is 0 Å². The van der Waals surface area contributed by atoms with Gasteiger partial charge in [-0.15, -0.1) is 0 Å². The Morgan fingerprint density at radius 2 is 1.73 bits per heavy atom. The molecule has 0 atom stereocenters. The molecule has 3 rings (SSSR count). The van der Waals surface area contributed by atoms with Gasteiger partial charge in [-0.25, -0.2) is 4.98 Å². The minimum Gasteiger partial charge on any atom is -0.335 e. The van der Waals surface area contributed by atoms with Gasteiger partial charge >= 0.3 is 0 Å². The summed E-state index contributed by atoms with van der Waals surface area (Å²) in [7, 11) is 0. The predicted octanol–water partition coefficient (Wildman–Crippen LogP) is 5.01. The molecular weight excluding hydrogens is 270 g/mol. The Bertz CT molecular complexity index is 608. The van der Waals surface area contributed by atoms with Crippen LogP contribution in [-0.2, 0) is 6.54 Å². The summed E-state index contributed by atoms with van der Waals surface area (Å²) < 4.78 is 2.22. The largest absolute Gasteiger partial charge is 0.335 e. The van der Waals surface area contributed by atoms with E-state index in [0.29, 0.717) is 0 Å². The zero-order chi connectivity index (χ0) is 15.6. The summed E-state index contributed by atoms with van der Waals surface area (Å²) in [5, 5.41) is 1.20. The molecule has 0 unspecified atom stereocenters. The molecule has 0 aliphatic rings. The van der Waals surface area contributed by atoms with Crippen LogP contribution in [0.1, 0.15) is 38.4 Å². The number of imidazole rings is 1. The Labute approximate surface area is 133 Å². The van der Waals surface area contributed by atoms with E-state index in [1.54, 1.807) is 0 Å². The maximum Gasteiger partial charge on any atom is 0.105 e. The van der Waals surface area contributed by atoms with Crippen LogP contribution in [0, 0.1) is 6.92 Å². The Balaban J connectivity index is 0.000000162. The maximum atomic E-state index is 4.18. The molecule has 3 aromatic rings. The SMILES string of the molecule is CCCCCCn1ccnc1C.c1ccc2ncccc2c1. The highest BCUT2D eigenvalue weighted by Gasteiger charge is 1.94. The number of aryl methyl sites for hydroxylation is 2. The van der Waals surface area contributed by atoms with Crippen molar-refractivity contribution in [3.05, 3.63) is 60.8 Å². The Kier molecular flexibility index (Phi) is 6.62. The average Bonchev–Trinajstić information content (AvgIpc) is 2.98. The molecule has 0 saturated heterocycles. The second kappa shape index (κ2) is 8.98. The quantitative estimate of drug-likeness (QED) is 0.620. The average molecular weight is 295 g/mol. The van der Waals surface area contributed by atoms with Gasteiger partial charge in [0.15, 0.2) is 0 Å². The summed E-state index contributed by atoms with van der Waals surface area (Å²) in [6.07, 6.45) is 11.0. The third-order valence-corrected chi connectivity index (χ3v) is 3.69. The number of fused-ring (bicyclic) bond motifs is 1. The third-order valence-electron chi connectivity index (χ3n) is 3.69. The van der Waals surface area contributed by atoms with E-state index in [4.69, 9.17) is 0 Å². The normalized spacial score (nSPS) is 10.3. The van der Waals surface area contributed by atoms with Crippen molar-refractivity contribution in [2.24, 2.45) is 0 Å². The van der Waals surface area contributed by atoms with E-state index in [-0.39, 0.29) is 0 Å². The highest BCUT2D eigenvalue weighted by molar-refractivity contribution is 5.77. The highest BCUT2D eigenvalue weighted by Crippen LogP contribution is 2.08. The molecule has 2 heterocycles. The van der Waals surface area contributed by atoms with Gasteiger partial charge in [0.05, 0.1) is 5.52 Å². The molecular formula is C19H25N3. The fourth-order valence-electron chi connectivity index (χ4n) is 2.37. The van der Waals surface area contributed by atoms with Crippen LogP contribution < -0.4 is 0 Å². The summed E-state index contributed by atoms with van der Waals surface area (Å²) in [5.74, 6) is 1.13. The van der Waals surface area contributed by atoms with E-state index in [2.05, 4.69) is 46.7 Å². The lowest BCUT2D eigenvalue weighted by Gasteiger charge is -2.03. The lowest BCUT2D eigenvalue weighted by molar-refractivity contribution is 0.573. The van der Waals surface area contributed by atoms with Gasteiger partial charge in [-0.1, -0.05) is 50.5 Å². The van der Waals surface area contributed by atoms with E-state index >= 15 is 0 Å². The number of pyridine rings is 1. The highest BCUT2D eigenvalue weighted by atomic mass is 15.0. The number of para-hydroxylation sites is 1. The molecule has 0 aliphatic heterocycles. The van der Waals surface area contributed by atoms with Crippen LogP contribution in [0.5, 0.6) is 0 Å². The minimum atomic E-state index is 1.06. The maximum absolute atomic E-state index is 4.18. The molecule has 0 fully saturated rings. The molecule has 3 nitrogen and oxygen atoms in total.